The Bertz CT molecular complexity index is 1180. The van der Waals surface area contributed by atoms with Crippen LogP contribution in [-0.4, -0.2) is 17.3 Å². The molecule has 5 rings (SSSR count). The van der Waals surface area contributed by atoms with Crippen molar-refractivity contribution < 1.29 is 9.53 Å². The lowest BCUT2D eigenvalue weighted by molar-refractivity contribution is -0.118. The molecule has 0 bridgehead atoms. The van der Waals surface area contributed by atoms with Crippen LogP contribution in [-0.2, 0) is 9.53 Å². The van der Waals surface area contributed by atoms with Crippen LogP contribution >= 0.6 is 0 Å². The van der Waals surface area contributed by atoms with E-state index in [2.05, 4.69) is 0 Å². The van der Waals surface area contributed by atoms with Crippen molar-refractivity contribution in [3.63, 3.8) is 0 Å². The summed E-state index contributed by atoms with van der Waals surface area (Å²) in [7, 11) is 0. The molecule has 1 unspecified atom stereocenters. The number of amides is 1. The molecule has 2 aliphatic heterocycles. The standard InChI is InChI=1S/C26H22N2O2/c1-18-17-26(2)28(22-16-10-9-15-21(22)27-18)25(29)23(19-11-5-3-6-12-19)24(30-26)20-13-7-4-8-14-20/h3-16H,17H2,1-2H3. The first-order valence-electron chi connectivity index (χ1n) is 10.1. The quantitative estimate of drug-likeness (QED) is 0.549. The molecule has 4 nitrogen and oxygen atoms in total. The van der Waals surface area contributed by atoms with Gasteiger partial charge in [-0.3, -0.25) is 14.7 Å². The van der Waals surface area contributed by atoms with E-state index < -0.39 is 5.72 Å². The smallest absolute Gasteiger partial charge is 0.265 e. The van der Waals surface area contributed by atoms with E-state index >= 15 is 0 Å². The van der Waals surface area contributed by atoms with Gasteiger partial charge < -0.3 is 4.74 Å². The van der Waals surface area contributed by atoms with Gasteiger partial charge in [-0.05, 0) is 31.5 Å². The van der Waals surface area contributed by atoms with Crippen molar-refractivity contribution in [3.05, 3.63) is 96.1 Å². The first-order chi connectivity index (χ1) is 14.6. The van der Waals surface area contributed by atoms with Crippen LogP contribution in [0.2, 0.25) is 0 Å². The molecule has 0 spiro atoms. The van der Waals surface area contributed by atoms with E-state index in [4.69, 9.17) is 9.73 Å². The molecule has 0 fully saturated rings. The van der Waals surface area contributed by atoms with Crippen molar-refractivity contribution in [2.75, 3.05) is 4.90 Å². The summed E-state index contributed by atoms with van der Waals surface area (Å²) in [5, 5.41) is 0. The fourth-order valence-electron chi connectivity index (χ4n) is 4.34. The third-order valence-electron chi connectivity index (χ3n) is 5.56. The molecule has 0 saturated carbocycles. The molecular formula is C26H22N2O2. The Morgan fingerprint density at radius 1 is 0.867 bits per heavy atom. The summed E-state index contributed by atoms with van der Waals surface area (Å²) in [6, 6.07) is 27.3. The van der Waals surface area contributed by atoms with Gasteiger partial charge >= 0.3 is 0 Å². The van der Waals surface area contributed by atoms with E-state index in [9.17, 15) is 4.79 Å². The van der Waals surface area contributed by atoms with E-state index in [0.717, 1.165) is 28.2 Å². The Morgan fingerprint density at radius 2 is 1.47 bits per heavy atom. The summed E-state index contributed by atoms with van der Waals surface area (Å²) >= 11 is 0. The number of hydrogen-bond acceptors (Lipinski definition) is 3. The minimum Gasteiger partial charge on any atom is -0.466 e. The molecule has 1 atom stereocenters. The number of carbonyl (C=O) groups is 1. The van der Waals surface area contributed by atoms with Gasteiger partial charge in [-0.15, -0.1) is 0 Å². The molecule has 3 aromatic carbocycles. The molecule has 1 amide bonds. The number of fused-ring (bicyclic) bond motifs is 3. The number of rotatable bonds is 2. The topological polar surface area (TPSA) is 41.9 Å². The lowest BCUT2D eigenvalue weighted by atomic mass is 9.94. The van der Waals surface area contributed by atoms with Crippen molar-refractivity contribution in [2.45, 2.75) is 26.0 Å². The van der Waals surface area contributed by atoms with Crippen LogP contribution in [0.15, 0.2) is 89.9 Å². The zero-order valence-electron chi connectivity index (χ0n) is 17.0. The summed E-state index contributed by atoms with van der Waals surface area (Å²) in [4.78, 5) is 20.6. The largest absolute Gasteiger partial charge is 0.466 e. The van der Waals surface area contributed by atoms with Crippen molar-refractivity contribution in [1.29, 1.82) is 0 Å². The average molecular weight is 394 g/mol. The van der Waals surface area contributed by atoms with Crippen LogP contribution in [0.1, 0.15) is 31.4 Å². The van der Waals surface area contributed by atoms with E-state index in [1.807, 2.05) is 98.8 Å². The number of nitrogens with zero attached hydrogens (tertiary/aromatic N) is 2. The highest BCUT2D eigenvalue weighted by Crippen LogP contribution is 2.47. The molecule has 3 aromatic rings. The first kappa shape index (κ1) is 18.4. The number of ether oxygens (including phenoxy) is 1. The monoisotopic (exact) mass is 394 g/mol. The molecule has 0 aliphatic carbocycles. The van der Waals surface area contributed by atoms with Crippen molar-refractivity contribution >= 4 is 34.3 Å². The highest BCUT2D eigenvalue weighted by atomic mass is 16.5. The Kier molecular flexibility index (Phi) is 4.28. The third kappa shape index (κ3) is 2.92. The summed E-state index contributed by atoms with van der Waals surface area (Å²) in [6.07, 6.45) is 0.520. The molecule has 4 heteroatoms. The number of para-hydroxylation sites is 2. The van der Waals surface area contributed by atoms with Crippen molar-refractivity contribution in [3.8, 4) is 0 Å². The minimum absolute atomic E-state index is 0.0776. The summed E-state index contributed by atoms with van der Waals surface area (Å²) in [5.74, 6) is 0.531. The van der Waals surface area contributed by atoms with Crippen LogP contribution in [0.5, 0.6) is 0 Å². The predicted molar refractivity (Wildman–Crippen MR) is 121 cm³/mol. The van der Waals surface area contributed by atoms with Gasteiger partial charge in [-0.2, -0.15) is 0 Å². The van der Waals surface area contributed by atoms with Gasteiger partial charge in [0.25, 0.3) is 5.91 Å². The molecule has 30 heavy (non-hydrogen) atoms. The van der Waals surface area contributed by atoms with Gasteiger partial charge in [0.15, 0.2) is 5.72 Å². The van der Waals surface area contributed by atoms with Crippen LogP contribution in [0.25, 0.3) is 11.3 Å². The fourth-order valence-corrected chi connectivity index (χ4v) is 4.34. The van der Waals surface area contributed by atoms with E-state index in [-0.39, 0.29) is 5.91 Å². The second kappa shape index (κ2) is 6.99. The zero-order valence-corrected chi connectivity index (χ0v) is 17.0. The minimum atomic E-state index is -0.874. The average Bonchev–Trinajstić information content (AvgIpc) is 2.87. The van der Waals surface area contributed by atoms with Gasteiger partial charge in [0.2, 0.25) is 0 Å². The summed E-state index contributed by atoms with van der Waals surface area (Å²) in [6.45, 7) is 3.95. The molecular weight excluding hydrogens is 372 g/mol. The molecule has 2 heterocycles. The number of benzene rings is 3. The van der Waals surface area contributed by atoms with Crippen LogP contribution in [0.4, 0.5) is 11.4 Å². The highest BCUT2D eigenvalue weighted by Gasteiger charge is 2.48. The Balaban J connectivity index is 1.79. The zero-order chi connectivity index (χ0) is 20.7. The molecule has 0 aromatic heterocycles. The molecule has 0 radical (unpaired) electrons. The van der Waals surface area contributed by atoms with Crippen LogP contribution in [0.3, 0.4) is 0 Å². The van der Waals surface area contributed by atoms with E-state index in [1.165, 1.54) is 0 Å². The van der Waals surface area contributed by atoms with Crippen LogP contribution < -0.4 is 4.90 Å². The van der Waals surface area contributed by atoms with Gasteiger partial charge in [0.05, 0.1) is 16.9 Å². The van der Waals surface area contributed by atoms with Gasteiger partial charge in [0.1, 0.15) is 5.76 Å². The molecule has 0 N–H and O–H groups in total. The number of aliphatic imine (C=N–C) groups is 1. The lowest BCUT2D eigenvalue weighted by Crippen LogP contribution is -2.55. The number of carbonyl (C=O) groups excluding carboxylic acids is 1. The maximum Gasteiger partial charge on any atom is 0.265 e. The summed E-state index contributed by atoms with van der Waals surface area (Å²) in [5.41, 5.74) is 3.89. The fraction of sp³-hybridized carbons (Fsp3) is 0.154. The Morgan fingerprint density at radius 3 is 2.17 bits per heavy atom. The highest BCUT2D eigenvalue weighted by molar-refractivity contribution is 6.33. The number of anilines is 1. The van der Waals surface area contributed by atoms with Gasteiger partial charge in [-0.25, -0.2) is 0 Å². The maximum absolute atomic E-state index is 14.1. The number of hydrogen-bond donors (Lipinski definition) is 0. The van der Waals surface area contributed by atoms with Crippen molar-refractivity contribution in [2.24, 2.45) is 4.99 Å². The SMILES string of the molecule is CC1=Nc2ccccc2N2C(=O)C(c3ccccc3)=C(c3ccccc3)OC2(C)C1. The second-order valence-corrected chi connectivity index (χ2v) is 7.87. The molecule has 2 aliphatic rings. The normalized spacial score (nSPS) is 20.7. The van der Waals surface area contributed by atoms with Crippen molar-refractivity contribution in [1.82, 2.24) is 0 Å². The lowest BCUT2D eigenvalue weighted by Gasteiger charge is -2.45. The second-order valence-electron chi connectivity index (χ2n) is 7.87. The Hall–Kier alpha value is -3.66. The molecule has 0 saturated heterocycles. The van der Waals surface area contributed by atoms with E-state index in [0.29, 0.717) is 17.8 Å². The van der Waals surface area contributed by atoms with E-state index in [1.54, 1.807) is 4.90 Å². The maximum atomic E-state index is 14.1. The predicted octanol–water partition coefficient (Wildman–Crippen LogP) is 5.83. The van der Waals surface area contributed by atoms with Gasteiger partial charge in [0, 0.05) is 17.7 Å². The third-order valence-corrected chi connectivity index (χ3v) is 5.56. The first-order valence-corrected chi connectivity index (χ1v) is 10.1. The Labute approximate surface area is 176 Å². The molecule has 148 valence electrons. The van der Waals surface area contributed by atoms with Crippen LogP contribution in [0, 0.1) is 0 Å². The van der Waals surface area contributed by atoms with Gasteiger partial charge in [-0.1, -0.05) is 72.8 Å². The summed E-state index contributed by atoms with van der Waals surface area (Å²) < 4.78 is 6.71.